The third-order valence-corrected chi connectivity index (χ3v) is 12.5. The van der Waals surface area contributed by atoms with Crippen molar-refractivity contribution in [1.29, 1.82) is 0 Å². The van der Waals surface area contributed by atoms with Crippen LogP contribution < -0.4 is 0 Å². The monoisotopic (exact) mass is 695 g/mol. The second-order valence-electron chi connectivity index (χ2n) is 14.6. The van der Waals surface area contributed by atoms with Crippen molar-refractivity contribution in [3.63, 3.8) is 0 Å². The maximum Gasteiger partial charge on any atom is 0.159 e. The molecular formula is C49H33N3S. The molecule has 0 saturated carbocycles. The molecule has 4 heteroatoms. The first-order valence-electron chi connectivity index (χ1n) is 18.2. The molecule has 0 aliphatic heterocycles. The molecule has 10 aromatic rings. The normalized spacial score (nSPS) is 13.2. The van der Waals surface area contributed by atoms with Crippen LogP contribution in [0.1, 0.15) is 25.0 Å². The van der Waals surface area contributed by atoms with Gasteiger partial charge in [0.25, 0.3) is 0 Å². The first-order chi connectivity index (χ1) is 26.0. The lowest BCUT2D eigenvalue weighted by Gasteiger charge is -2.23. The highest BCUT2D eigenvalue weighted by Gasteiger charge is 2.38. The zero-order chi connectivity index (χ0) is 35.3. The lowest BCUT2D eigenvalue weighted by molar-refractivity contribution is 0.664. The number of nitrogens with zero attached hydrogens (tertiary/aromatic N) is 3. The fourth-order valence-electron chi connectivity index (χ4n) is 8.82. The van der Waals surface area contributed by atoms with E-state index in [0.717, 1.165) is 22.5 Å². The SMILES string of the molecule is CC1(C)c2ccccc2-c2ccc3c4ccccc4n(-c4cccc(-c5nccc(-c6ccc(-c7cccc8c7sc7ccccc78)cc6)n5)c4)c3c21. The van der Waals surface area contributed by atoms with Gasteiger partial charge in [0.15, 0.2) is 5.82 Å². The van der Waals surface area contributed by atoms with Crippen molar-refractivity contribution in [2.75, 3.05) is 0 Å². The average molecular weight is 696 g/mol. The second kappa shape index (κ2) is 11.3. The standard InChI is InChI=1S/C49H33N3S/c1-49(2)41-18-6-3-13-35(41)38-25-26-39-36-14-4-7-19-43(36)52(46(39)45(38)49)33-12-9-11-32(29-33)48-50-28-27-42(51-48)31-23-21-30(22-24-31)34-16-10-17-40-37-15-5-8-20-44(37)53-47(34)40/h3-29H,1-2H3. The van der Waals surface area contributed by atoms with Crippen molar-refractivity contribution in [2.45, 2.75) is 19.3 Å². The number of hydrogen-bond acceptors (Lipinski definition) is 3. The molecule has 7 aromatic carbocycles. The molecule has 0 bridgehead atoms. The van der Waals surface area contributed by atoms with Crippen LogP contribution in [0.2, 0.25) is 0 Å². The van der Waals surface area contributed by atoms with Gasteiger partial charge in [-0.25, -0.2) is 9.97 Å². The van der Waals surface area contributed by atoms with Crippen LogP contribution >= 0.6 is 11.3 Å². The molecule has 0 radical (unpaired) electrons. The summed E-state index contributed by atoms with van der Waals surface area (Å²) in [5, 5.41) is 5.16. The molecule has 1 aliphatic rings. The molecule has 0 amide bonds. The summed E-state index contributed by atoms with van der Waals surface area (Å²) in [5.74, 6) is 0.710. The van der Waals surface area contributed by atoms with Gasteiger partial charge in [0.05, 0.1) is 16.7 Å². The van der Waals surface area contributed by atoms with Crippen molar-refractivity contribution in [3.05, 3.63) is 175 Å². The van der Waals surface area contributed by atoms with Gasteiger partial charge in [-0.2, -0.15) is 0 Å². The molecule has 3 aromatic heterocycles. The van der Waals surface area contributed by atoms with E-state index in [1.54, 1.807) is 0 Å². The lowest BCUT2D eigenvalue weighted by atomic mass is 9.81. The Morgan fingerprint density at radius 3 is 2.19 bits per heavy atom. The summed E-state index contributed by atoms with van der Waals surface area (Å²) in [7, 11) is 0. The summed E-state index contributed by atoms with van der Waals surface area (Å²) < 4.78 is 5.10. The molecule has 250 valence electrons. The van der Waals surface area contributed by atoms with Crippen LogP contribution in [0.3, 0.4) is 0 Å². The Labute approximate surface area is 311 Å². The number of thiophene rings is 1. The smallest absolute Gasteiger partial charge is 0.159 e. The molecule has 0 unspecified atom stereocenters. The van der Waals surface area contributed by atoms with Gasteiger partial charge in [0.1, 0.15) is 0 Å². The van der Waals surface area contributed by atoms with E-state index in [2.05, 4.69) is 170 Å². The van der Waals surface area contributed by atoms with Crippen LogP contribution in [0.4, 0.5) is 0 Å². The van der Waals surface area contributed by atoms with Gasteiger partial charge in [-0.15, -0.1) is 11.3 Å². The zero-order valence-corrected chi connectivity index (χ0v) is 30.2. The van der Waals surface area contributed by atoms with E-state index >= 15 is 0 Å². The molecule has 53 heavy (non-hydrogen) atoms. The van der Waals surface area contributed by atoms with Crippen LogP contribution in [0, 0.1) is 0 Å². The molecule has 0 saturated heterocycles. The van der Waals surface area contributed by atoms with E-state index in [1.165, 1.54) is 75.4 Å². The Bertz CT molecular complexity index is 3090. The molecular weight excluding hydrogens is 663 g/mol. The van der Waals surface area contributed by atoms with E-state index in [9.17, 15) is 0 Å². The Morgan fingerprint density at radius 2 is 1.28 bits per heavy atom. The number of benzene rings is 7. The summed E-state index contributed by atoms with van der Waals surface area (Å²) in [6.45, 7) is 4.73. The van der Waals surface area contributed by atoms with Crippen LogP contribution in [0.15, 0.2) is 164 Å². The minimum Gasteiger partial charge on any atom is -0.309 e. The minimum absolute atomic E-state index is 0.146. The number of aromatic nitrogens is 3. The van der Waals surface area contributed by atoms with Gasteiger partial charge in [0, 0.05) is 59.4 Å². The predicted octanol–water partition coefficient (Wildman–Crippen LogP) is 13.2. The van der Waals surface area contributed by atoms with Crippen molar-refractivity contribution >= 4 is 53.3 Å². The molecule has 3 nitrogen and oxygen atoms in total. The molecule has 0 atom stereocenters. The Morgan fingerprint density at radius 1 is 0.547 bits per heavy atom. The Balaban J connectivity index is 1.00. The highest BCUT2D eigenvalue weighted by molar-refractivity contribution is 7.26. The third-order valence-electron chi connectivity index (χ3n) is 11.3. The molecule has 1 aliphatic carbocycles. The summed E-state index contributed by atoms with van der Waals surface area (Å²) in [4.78, 5) is 9.92. The van der Waals surface area contributed by atoms with Crippen LogP contribution in [0.25, 0.3) is 92.6 Å². The average Bonchev–Trinajstić information content (AvgIpc) is 3.84. The predicted molar refractivity (Wildman–Crippen MR) is 223 cm³/mol. The van der Waals surface area contributed by atoms with Crippen molar-refractivity contribution < 1.29 is 0 Å². The molecule has 0 spiro atoms. The van der Waals surface area contributed by atoms with Gasteiger partial charge in [-0.1, -0.05) is 141 Å². The van der Waals surface area contributed by atoms with E-state index in [-0.39, 0.29) is 5.41 Å². The van der Waals surface area contributed by atoms with Crippen LogP contribution in [-0.4, -0.2) is 14.5 Å². The molecule has 3 heterocycles. The summed E-state index contributed by atoms with van der Waals surface area (Å²) >= 11 is 1.86. The fourth-order valence-corrected chi connectivity index (χ4v) is 10.1. The van der Waals surface area contributed by atoms with Gasteiger partial charge in [0.2, 0.25) is 0 Å². The summed E-state index contributed by atoms with van der Waals surface area (Å²) in [5.41, 5.74) is 14.2. The molecule has 0 fully saturated rings. The fraction of sp³-hybridized carbons (Fsp3) is 0.0612. The number of fused-ring (bicyclic) bond motifs is 10. The summed E-state index contributed by atoms with van der Waals surface area (Å²) in [6, 6.07) is 57.1. The number of hydrogen-bond donors (Lipinski definition) is 0. The van der Waals surface area contributed by atoms with E-state index in [0.29, 0.717) is 5.82 Å². The Kier molecular flexibility index (Phi) is 6.47. The zero-order valence-electron chi connectivity index (χ0n) is 29.3. The largest absolute Gasteiger partial charge is 0.309 e. The maximum absolute atomic E-state index is 5.13. The summed E-state index contributed by atoms with van der Waals surface area (Å²) in [6.07, 6.45) is 1.88. The van der Waals surface area contributed by atoms with Gasteiger partial charge < -0.3 is 4.57 Å². The van der Waals surface area contributed by atoms with Gasteiger partial charge in [-0.3, -0.25) is 0 Å². The van der Waals surface area contributed by atoms with Crippen molar-refractivity contribution in [1.82, 2.24) is 14.5 Å². The van der Waals surface area contributed by atoms with E-state index in [4.69, 9.17) is 9.97 Å². The Hall–Kier alpha value is -6.36. The quantitative estimate of drug-likeness (QED) is 0.183. The maximum atomic E-state index is 5.13. The molecule has 11 rings (SSSR count). The van der Waals surface area contributed by atoms with Gasteiger partial charge >= 0.3 is 0 Å². The second-order valence-corrected chi connectivity index (χ2v) is 15.6. The highest BCUT2D eigenvalue weighted by atomic mass is 32.1. The topological polar surface area (TPSA) is 30.7 Å². The minimum atomic E-state index is -0.146. The van der Waals surface area contributed by atoms with E-state index < -0.39 is 0 Å². The van der Waals surface area contributed by atoms with Crippen molar-refractivity contribution in [3.8, 4) is 50.6 Å². The third kappa shape index (κ3) is 4.46. The number of para-hydroxylation sites is 1. The first kappa shape index (κ1) is 30.3. The van der Waals surface area contributed by atoms with Crippen molar-refractivity contribution in [2.24, 2.45) is 0 Å². The van der Waals surface area contributed by atoms with Gasteiger partial charge in [-0.05, 0) is 63.7 Å². The first-order valence-corrected chi connectivity index (χ1v) is 19.0. The van der Waals surface area contributed by atoms with Crippen LogP contribution in [0.5, 0.6) is 0 Å². The molecule has 0 N–H and O–H groups in total. The highest BCUT2D eigenvalue weighted by Crippen LogP contribution is 2.53. The lowest BCUT2D eigenvalue weighted by Crippen LogP contribution is -2.16. The van der Waals surface area contributed by atoms with Crippen LogP contribution in [-0.2, 0) is 5.41 Å². The number of rotatable bonds is 4. The van der Waals surface area contributed by atoms with E-state index in [1.807, 2.05) is 23.6 Å².